The number of nitrogens with one attached hydrogen (secondary N) is 1. The van der Waals surface area contributed by atoms with E-state index in [0.717, 1.165) is 23.6 Å². The number of non-ortho nitro benzene ring substituents is 2. The van der Waals surface area contributed by atoms with Gasteiger partial charge in [-0.25, -0.2) is 0 Å². The number of nitro groups is 2. The van der Waals surface area contributed by atoms with Crippen molar-refractivity contribution >= 4 is 28.1 Å². The zero-order valence-corrected chi connectivity index (χ0v) is 17.0. The summed E-state index contributed by atoms with van der Waals surface area (Å²) in [5.74, 6) is -0.809. The van der Waals surface area contributed by atoms with Crippen molar-refractivity contribution in [1.82, 2.24) is 5.32 Å². The third-order valence-corrected chi connectivity index (χ3v) is 5.23. The minimum atomic E-state index is -0.830. The van der Waals surface area contributed by atoms with Crippen LogP contribution in [0.2, 0.25) is 0 Å². The van der Waals surface area contributed by atoms with E-state index in [1.807, 2.05) is 18.2 Å². The molecule has 33 heavy (non-hydrogen) atoms. The monoisotopic (exact) mass is 443 g/mol. The maximum Gasteiger partial charge on any atom is 0.277 e. The van der Waals surface area contributed by atoms with Gasteiger partial charge in [-0.2, -0.15) is 0 Å². The lowest BCUT2D eigenvalue weighted by atomic mass is 9.92. The number of fused-ring (bicyclic) bond motifs is 1. The Morgan fingerprint density at radius 2 is 1.42 bits per heavy atom. The van der Waals surface area contributed by atoms with E-state index in [4.69, 9.17) is 0 Å². The lowest BCUT2D eigenvalue weighted by molar-refractivity contribution is -0.394. The van der Waals surface area contributed by atoms with Crippen molar-refractivity contribution in [2.24, 2.45) is 0 Å². The summed E-state index contributed by atoms with van der Waals surface area (Å²) < 4.78 is 0. The molecule has 1 atom stereocenters. The number of aromatic hydroxyl groups is 1. The second-order valence-electron chi connectivity index (χ2n) is 7.29. The molecule has 2 N–H and O–H groups in total. The number of nitrogens with zero attached hydrogens (tertiary/aromatic N) is 2. The van der Waals surface area contributed by atoms with E-state index >= 15 is 0 Å². The van der Waals surface area contributed by atoms with Gasteiger partial charge in [0.25, 0.3) is 17.3 Å². The zero-order valence-electron chi connectivity index (χ0n) is 17.0. The maximum atomic E-state index is 13.2. The molecule has 9 heteroatoms. The van der Waals surface area contributed by atoms with Gasteiger partial charge in [0.2, 0.25) is 0 Å². The zero-order chi connectivity index (χ0) is 23.5. The van der Waals surface area contributed by atoms with E-state index in [-0.39, 0.29) is 11.3 Å². The molecule has 164 valence electrons. The number of phenolic OH excluding ortho intramolecular Hbond substituents is 1. The van der Waals surface area contributed by atoms with E-state index in [0.29, 0.717) is 16.5 Å². The predicted octanol–water partition coefficient (Wildman–Crippen LogP) is 4.88. The van der Waals surface area contributed by atoms with E-state index in [9.17, 15) is 30.1 Å². The highest BCUT2D eigenvalue weighted by atomic mass is 16.6. The fourth-order valence-electron chi connectivity index (χ4n) is 3.71. The first kappa shape index (κ1) is 21.4. The summed E-state index contributed by atoms with van der Waals surface area (Å²) in [6.07, 6.45) is 0. The molecule has 4 rings (SSSR count). The van der Waals surface area contributed by atoms with Crippen molar-refractivity contribution in [3.8, 4) is 5.75 Å². The van der Waals surface area contributed by atoms with Crippen molar-refractivity contribution in [2.75, 3.05) is 0 Å². The van der Waals surface area contributed by atoms with Crippen LogP contribution in [0.5, 0.6) is 5.75 Å². The van der Waals surface area contributed by atoms with Crippen molar-refractivity contribution in [3.63, 3.8) is 0 Å². The molecule has 4 aromatic carbocycles. The van der Waals surface area contributed by atoms with Gasteiger partial charge in [-0.1, -0.05) is 60.7 Å². The number of rotatable bonds is 6. The minimum Gasteiger partial charge on any atom is -0.508 e. The summed E-state index contributed by atoms with van der Waals surface area (Å²) in [6, 6.07) is 21.4. The standard InChI is InChI=1S/C24H17N3O6/c28-21-11-10-15-6-4-5-9-20(15)22(21)23(16-7-2-1-3-8-16)25-24(29)17-12-18(26(30)31)14-19(13-17)27(32)33/h1-14,23,28H,(H,25,29). The summed E-state index contributed by atoms with van der Waals surface area (Å²) in [5.41, 5.74) is -0.293. The van der Waals surface area contributed by atoms with Crippen LogP contribution in [-0.4, -0.2) is 20.9 Å². The molecule has 0 fully saturated rings. The van der Waals surface area contributed by atoms with Gasteiger partial charge in [0.15, 0.2) is 0 Å². The smallest absolute Gasteiger partial charge is 0.277 e. The van der Waals surface area contributed by atoms with Gasteiger partial charge in [-0.05, 0) is 22.4 Å². The second kappa shape index (κ2) is 8.75. The second-order valence-corrected chi connectivity index (χ2v) is 7.29. The molecule has 0 radical (unpaired) electrons. The number of benzene rings is 4. The number of phenols is 1. The van der Waals surface area contributed by atoms with Crippen LogP contribution in [0.1, 0.15) is 27.5 Å². The van der Waals surface area contributed by atoms with E-state index < -0.39 is 33.2 Å². The lowest BCUT2D eigenvalue weighted by Gasteiger charge is -2.22. The fourth-order valence-corrected chi connectivity index (χ4v) is 3.71. The molecule has 1 amide bonds. The first-order chi connectivity index (χ1) is 15.8. The average molecular weight is 443 g/mol. The first-order valence-corrected chi connectivity index (χ1v) is 9.85. The largest absolute Gasteiger partial charge is 0.508 e. The van der Waals surface area contributed by atoms with Crippen LogP contribution < -0.4 is 5.32 Å². The Morgan fingerprint density at radius 1 is 0.818 bits per heavy atom. The molecule has 1 unspecified atom stereocenters. The molecule has 0 aliphatic rings. The molecule has 0 aromatic heterocycles. The van der Waals surface area contributed by atoms with Crippen LogP contribution in [0.3, 0.4) is 0 Å². The average Bonchev–Trinajstić information content (AvgIpc) is 2.83. The molecule has 0 bridgehead atoms. The fraction of sp³-hybridized carbons (Fsp3) is 0.0417. The minimum absolute atomic E-state index is 0.0483. The molecule has 0 aliphatic heterocycles. The maximum absolute atomic E-state index is 13.2. The summed E-state index contributed by atoms with van der Waals surface area (Å²) in [5, 5.41) is 37.5. The third kappa shape index (κ3) is 4.33. The Morgan fingerprint density at radius 3 is 2.06 bits per heavy atom. The molecule has 4 aromatic rings. The van der Waals surface area contributed by atoms with Gasteiger partial charge in [-0.3, -0.25) is 25.0 Å². The van der Waals surface area contributed by atoms with Crippen molar-refractivity contribution in [3.05, 3.63) is 122 Å². The topological polar surface area (TPSA) is 136 Å². The quantitative estimate of drug-likeness (QED) is 0.322. The summed E-state index contributed by atoms with van der Waals surface area (Å²) in [6.45, 7) is 0. The van der Waals surface area contributed by atoms with Crippen molar-refractivity contribution in [1.29, 1.82) is 0 Å². The molecule has 0 spiro atoms. The van der Waals surface area contributed by atoms with Crippen LogP contribution >= 0.6 is 0 Å². The number of hydrogen-bond donors (Lipinski definition) is 2. The molecule has 0 saturated heterocycles. The van der Waals surface area contributed by atoms with Crippen LogP contribution in [0.15, 0.2) is 84.9 Å². The van der Waals surface area contributed by atoms with Gasteiger partial charge >= 0.3 is 0 Å². The SMILES string of the molecule is O=C(NC(c1ccccc1)c1c(O)ccc2ccccc12)c1cc([N+](=O)[O-])cc([N+](=O)[O-])c1. The van der Waals surface area contributed by atoms with Crippen molar-refractivity contribution < 1.29 is 19.7 Å². The Kier molecular flexibility index (Phi) is 5.69. The Balaban J connectivity index is 1.84. The van der Waals surface area contributed by atoms with Gasteiger partial charge < -0.3 is 10.4 Å². The van der Waals surface area contributed by atoms with Gasteiger partial charge in [0.05, 0.1) is 27.5 Å². The number of carbonyl (C=O) groups is 1. The van der Waals surface area contributed by atoms with Crippen LogP contribution in [-0.2, 0) is 0 Å². The lowest BCUT2D eigenvalue weighted by Crippen LogP contribution is -2.29. The number of carbonyl (C=O) groups excluding carboxylic acids is 1. The number of hydrogen-bond acceptors (Lipinski definition) is 6. The summed E-state index contributed by atoms with van der Waals surface area (Å²) in [7, 11) is 0. The number of amides is 1. The van der Waals surface area contributed by atoms with Gasteiger partial charge in [0, 0.05) is 17.7 Å². The highest BCUT2D eigenvalue weighted by Crippen LogP contribution is 2.36. The van der Waals surface area contributed by atoms with Crippen LogP contribution in [0, 0.1) is 20.2 Å². The van der Waals surface area contributed by atoms with Crippen LogP contribution in [0.25, 0.3) is 10.8 Å². The first-order valence-electron chi connectivity index (χ1n) is 9.85. The van der Waals surface area contributed by atoms with E-state index in [1.165, 1.54) is 6.07 Å². The molecule has 9 nitrogen and oxygen atoms in total. The third-order valence-electron chi connectivity index (χ3n) is 5.23. The Hall–Kier alpha value is -4.79. The normalized spacial score (nSPS) is 11.6. The molecule has 0 aliphatic carbocycles. The molecule has 0 saturated carbocycles. The Labute approximate surface area is 187 Å². The van der Waals surface area contributed by atoms with Crippen LogP contribution in [0.4, 0.5) is 11.4 Å². The van der Waals surface area contributed by atoms with Gasteiger partial charge in [0.1, 0.15) is 5.75 Å². The van der Waals surface area contributed by atoms with Crippen molar-refractivity contribution in [2.45, 2.75) is 6.04 Å². The number of nitro benzene ring substituents is 2. The predicted molar refractivity (Wildman–Crippen MR) is 121 cm³/mol. The van der Waals surface area contributed by atoms with E-state index in [1.54, 1.807) is 42.5 Å². The molecular weight excluding hydrogens is 426 g/mol. The van der Waals surface area contributed by atoms with Gasteiger partial charge in [-0.15, -0.1) is 0 Å². The highest BCUT2D eigenvalue weighted by Gasteiger charge is 2.25. The highest BCUT2D eigenvalue weighted by molar-refractivity contribution is 5.97. The van der Waals surface area contributed by atoms with E-state index in [2.05, 4.69) is 5.32 Å². The Bertz CT molecular complexity index is 1360. The molecular formula is C24H17N3O6. The molecule has 0 heterocycles. The summed E-state index contributed by atoms with van der Waals surface area (Å²) in [4.78, 5) is 34.0. The summed E-state index contributed by atoms with van der Waals surface area (Å²) >= 11 is 0.